The van der Waals surface area contributed by atoms with Gasteiger partial charge >= 0.3 is 5.97 Å². The molecule has 0 fully saturated rings. The zero-order valence-corrected chi connectivity index (χ0v) is 19.1. The van der Waals surface area contributed by atoms with Gasteiger partial charge in [-0.2, -0.15) is 0 Å². The number of halogens is 2. The minimum Gasteiger partial charge on any atom is -0.490 e. The minimum atomic E-state index is -0.656. The third-order valence-electron chi connectivity index (χ3n) is 4.88. The third kappa shape index (κ3) is 5.64. The van der Waals surface area contributed by atoms with E-state index in [0.29, 0.717) is 34.8 Å². The van der Waals surface area contributed by atoms with Crippen LogP contribution in [0.2, 0.25) is 5.02 Å². The lowest BCUT2D eigenvalue weighted by molar-refractivity contribution is -0.384. The lowest BCUT2D eigenvalue weighted by Crippen LogP contribution is -2.05. The Morgan fingerprint density at radius 3 is 2.49 bits per heavy atom. The lowest BCUT2D eigenvalue weighted by atomic mass is 10.1. The molecule has 0 radical (unpaired) electrons. The van der Waals surface area contributed by atoms with Crippen LogP contribution >= 0.6 is 11.6 Å². The molecule has 1 heterocycles. The monoisotopic (exact) mass is 496 g/mol. The maximum absolute atomic E-state index is 13.2. The Labute approximate surface area is 204 Å². The van der Waals surface area contributed by atoms with Gasteiger partial charge in [-0.05, 0) is 72.7 Å². The number of nitrogens with zero attached hydrogens (tertiary/aromatic N) is 2. The van der Waals surface area contributed by atoms with Crippen LogP contribution in [0.3, 0.4) is 0 Å². The van der Waals surface area contributed by atoms with E-state index < -0.39 is 16.7 Å². The van der Waals surface area contributed by atoms with Crippen molar-refractivity contribution in [3.63, 3.8) is 0 Å². The molecular formula is C25H18ClFN2O6. The Kier molecular flexibility index (Phi) is 7.07. The molecule has 10 heteroatoms. The molecule has 1 aliphatic rings. The number of nitro groups is 1. The van der Waals surface area contributed by atoms with Crippen LogP contribution in [0.1, 0.15) is 23.6 Å². The number of aliphatic imine (C=N–C) groups is 1. The van der Waals surface area contributed by atoms with E-state index in [9.17, 15) is 19.3 Å². The molecule has 35 heavy (non-hydrogen) atoms. The number of carbonyl (C=O) groups is 1. The first-order chi connectivity index (χ1) is 16.8. The average Bonchev–Trinajstić information content (AvgIpc) is 3.19. The van der Waals surface area contributed by atoms with Crippen LogP contribution in [0, 0.1) is 15.9 Å². The number of rotatable bonds is 8. The summed E-state index contributed by atoms with van der Waals surface area (Å²) in [6.07, 6.45) is 1.49. The zero-order chi connectivity index (χ0) is 24.9. The summed E-state index contributed by atoms with van der Waals surface area (Å²) in [6.45, 7) is 2.24. The number of benzene rings is 3. The summed E-state index contributed by atoms with van der Waals surface area (Å²) in [5, 5.41) is 11.1. The first-order valence-corrected chi connectivity index (χ1v) is 10.8. The second-order valence-corrected chi connectivity index (χ2v) is 7.73. The standard InChI is InChI=1S/C25H18ClFN2O6/c1-2-33-22-13-16(12-21-25(30)35-24(28-21)17-5-7-18(27)8-6-17)11-20(26)23(22)34-14-15-3-9-19(10-4-15)29(31)32/h3-13H,2,14H2,1H3/b21-12-. The Balaban J connectivity index is 1.57. The van der Waals surface area contributed by atoms with Crippen LogP contribution in [-0.2, 0) is 16.1 Å². The third-order valence-corrected chi connectivity index (χ3v) is 5.16. The predicted octanol–water partition coefficient (Wildman–Crippen LogP) is 5.71. The van der Waals surface area contributed by atoms with Crippen molar-refractivity contribution in [1.82, 2.24) is 0 Å². The molecule has 0 unspecified atom stereocenters. The van der Waals surface area contributed by atoms with E-state index in [4.69, 9.17) is 25.8 Å². The molecule has 0 aromatic heterocycles. The number of carbonyl (C=O) groups excluding carboxylic acids is 1. The highest BCUT2D eigenvalue weighted by Crippen LogP contribution is 2.38. The number of hydrogen-bond donors (Lipinski definition) is 0. The van der Waals surface area contributed by atoms with Gasteiger partial charge < -0.3 is 14.2 Å². The fourth-order valence-electron chi connectivity index (χ4n) is 3.23. The van der Waals surface area contributed by atoms with E-state index in [-0.39, 0.29) is 28.9 Å². The Bertz CT molecular complexity index is 1340. The molecule has 0 N–H and O–H groups in total. The number of hydrogen-bond acceptors (Lipinski definition) is 7. The molecule has 0 spiro atoms. The second-order valence-electron chi connectivity index (χ2n) is 7.32. The maximum Gasteiger partial charge on any atom is 0.363 e. The molecule has 0 saturated heterocycles. The van der Waals surface area contributed by atoms with Crippen molar-refractivity contribution < 1.29 is 28.3 Å². The van der Waals surface area contributed by atoms with E-state index in [1.54, 1.807) is 31.2 Å². The van der Waals surface area contributed by atoms with Crippen molar-refractivity contribution >= 4 is 35.2 Å². The van der Waals surface area contributed by atoms with Gasteiger partial charge in [0.25, 0.3) is 5.69 Å². The van der Waals surface area contributed by atoms with Crippen LogP contribution in [0.5, 0.6) is 11.5 Å². The Morgan fingerprint density at radius 1 is 1.11 bits per heavy atom. The van der Waals surface area contributed by atoms with Crippen molar-refractivity contribution in [2.75, 3.05) is 6.61 Å². The van der Waals surface area contributed by atoms with Crippen molar-refractivity contribution in [1.29, 1.82) is 0 Å². The van der Waals surface area contributed by atoms with Gasteiger partial charge in [0.1, 0.15) is 12.4 Å². The summed E-state index contributed by atoms with van der Waals surface area (Å²) in [5.74, 6) is -0.359. The molecule has 178 valence electrons. The van der Waals surface area contributed by atoms with Crippen LogP contribution in [-0.4, -0.2) is 23.4 Å². The average molecular weight is 497 g/mol. The first kappa shape index (κ1) is 23.9. The largest absolute Gasteiger partial charge is 0.490 e. The molecule has 0 amide bonds. The number of nitro benzene ring substituents is 1. The predicted molar refractivity (Wildman–Crippen MR) is 127 cm³/mol. The van der Waals surface area contributed by atoms with E-state index in [2.05, 4.69) is 4.99 Å². The van der Waals surface area contributed by atoms with Crippen molar-refractivity contribution in [2.45, 2.75) is 13.5 Å². The van der Waals surface area contributed by atoms with Crippen molar-refractivity contribution in [2.24, 2.45) is 4.99 Å². The van der Waals surface area contributed by atoms with Crippen molar-refractivity contribution in [3.8, 4) is 11.5 Å². The first-order valence-electron chi connectivity index (χ1n) is 10.4. The molecule has 0 aliphatic carbocycles. The highest BCUT2D eigenvalue weighted by atomic mass is 35.5. The van der Waals surface area contributed by atoms with E-state index in [0.717, 1.165) is 0 Å². The lowest BCUT2D eigenvalue weighted by Gasteiger charge is -2.14. The summed E-state index contributed by atoms with van der Waals surface area (Å²) in [5.41, 5.74) is 1.72. The number of esters is 1. The van der Waals surface area contributed by atoms with Crippen LogP contribution < -0.4 is 9.47 Å². The highest BCUT2D eigenvalue weighted by Gasteiger charge is 2.24. The SMILES string of the molecule is CCOc1cc(/C=C2\N=C(c3ccc(F)cc3)OC2=O)cc(Cl)c1OCc1ccc([N+](=O)[O-])cc1. The molecule has 3 aromatic carbocycles. The van der Waals surface area contributed by atoms with Gasteiger partial charge in [0.05, 0.1) is 16.6 Å². The second kappa shape index (κ2) is 10.4. The van der Waals surface area contributed by atoms with E-state index in [1.165, 1.54) is 42.5 Å². The molecule has 0 saturated carbocycles. The fourth-order valence-corrected chi connectivity index (χ4v) is 3.50. The van der Waals surface area contributed by atoms with Gasteiger partial charge in [-0.15, -0.1) is 0 Å². The van der Waals surface area contributed by atoms with Gasteiger partial charge in [-0.25, -0.2) is 14.2 Å². The maximum atomic E-state index is 13.2. The van der Waals surface area contributed by atoms with Crippen LogP contribution in [0.4, 0.5) is 10.1 Å². The molecule has 0 bridgehead atoms. The Hall–Kier alpha value is -4.24. The Morgan fingerprint density at radius 2 is 1.83 bits per heavy atom. The summed E-state index contributed by atoms with van der Waals surface area (Å²) < 4.78 is 29.9. The van der Waals surface area contributed by atoms with Gasteiger partial charge in [0.15, 0.2) is 17.2 Å². The molecule has 1 aliphatic heterocycles. The van der Waals surface area contributed by atoms with E-state index in [1.807, 2.05) is 0 Å². The molecule has 4 rings (SSSR count). The fraction of sp³-hybridized carbons (Fsp3) is 0.120. The normalized spacial score (nSPS) is 14.0. The zero-order valence-electron chi connectivity index (χ0n) is 18.4. The van der Waals surface area contributed by atoms with Gasteiger partial charge in [-0.1, -0.05) is 11.6 Å². The quantitative estimate of drug-likeness (QED) is 0.171. The number of cyclic esters (lactones) is 1. The van der Waals surface area contributed by atoms with Gasteiger partial charge in [0, 0.05) is 17.7 Å². The van der Waals surface area contributed by atoms with Crippen molar-refractivity contribution in [3.05, 3.63) is 104 Å². The number of ether oxygens (including phenoxy) is 3. The van der Waals surface area contributed by atoms with Gasteiger partial charge in [0.2, 0.25) is 5.90 Å². The van der Waals surface area contributed by atoms with E-state index >= 15 is 0 Å². The molecule has 0 atom stereocenters. The summed E-state index contributed by atoms with van der Waals surface area (Å²) in [6, 6.07) is 14.6. The molecule has 8 nitrogen and oxygen atoms in total. The number of non-ortho nitro benzene ring substituents is 1. The highest BCUT2D eigenvalue weighted by molar-refractivity contribution is 6.32. The molecule has 3 aromatic rings. The smallest absolute Gasteiger partial charge is 0.363 e. The summed E-state index contributed by atoms with van der Waals surface area (Å²) in [7, 11) is 0. The van der Waals surface area contributed by atoms with Gasteiger partial charge in [-0.3, -0.25) is 10.1 Å². The summed E-state index contributed by atoms with van der Waals surface area (Å²) >= 11 is 6.45. The topological polar surface area (TPSA) is 100 Å². The minimum absolute atomic E-state index is 0.0186. The van der Waals surface area contributed by atoms with Crippen LogP contribution in [0.15, 0.2) is 71.4 Å². The van der Waals surface area contributed by atoms with Crippen LogP contribution in [0.25, 0.3) is 6.08 Å². The summed E-state index contributed by atoms with van der Waals surface area (Å²) in [4.78, 5) is 26.9. The molecular weight excluding hydrogens is 479 g/mol.